The summed E-state index contributed by atoms with van der Waals surface area (Å²) in [6.07, 6.45) is 1.22. The number of aromatic nitrogens is 2. The second-order valence-corrected chi connectivity index (χ2v) is 6.16. The third-order valence-electron chi connectivity index (χ3n) is 3.81. The van der Waals surface area contributed by atoms with Crippen LogP contribution in [-0.2, 0) is 0 Å². The summed E-state index contributed by atoms with van der Waals surface area (Å²) >= 11 is 6.27. The Morgan fingerprint density at radius 2 is 1.80 bits per heavy atom. The number of rotatable bonds is 4. The summed E-state index contributed by atoms with van der Waals surface area (Å²) in [4.78, 5) is 14.0. The number of hydrogen-bond acceptors (Lipinski definition) is 4. The molecule has 1 aromatic rings. The van der Waals surface area contributed by atoms with Gasteiger partial charge >= 0.3 is 0 Å². The van der Waals surface area contributed by atoms with Crippen molar-refractivity contribution < 1.29 is 0 Å². The number of piperazine rings is 1. The van der Waals surface area contributed by atoms with E-state index in [1.165, 1.54) is 13.0 Å². The van der Waals surface area contributed by atoms with E-state index in [1.807, 2.05) is 6.92 Å². The maximum Gasteiger partial charge on any atom is 0.137 e. The van der Waals surface area contributed by atoms with Crippen molar-refractivity contribution in [3.8, 4) is 0 Å². The van der Waals surface area contributed by atoms with E-state index in [4.69, 9.17) is 16.6 Å². The van der Waals surface area contributed by atoms with Gasteiger partial charge in [0.05, 0.1) is 0 Å². The fourth-order valence-electron chi connectivity index (χ4n) is 2.56. The molecule has 1 fully saturated rings. The predicted molar refractivity (Wildman–Crippen MR) is 84.8 cm³/mol. The van der Waals surface area contributed by atoms with Crippen LogP contribution in [0.15, 0.2) is 0 Å². The van der Waals surface area contributed by atoms with E-state index in [2.05, 4.69) is 35.6 Å². The van der Waals surface area contributed by atoms with Crippen molar-refractivity contribution >= 4 is 17.4 Å². The second-order valence-electron chi connectivity index (χ2n) is 5.80. The Bertz CT molecular complexity index is 453. The third kappa shape index (κ3) is 3.41. The van der Waals surface area contributed by atoms with Gasteiger partial charge in [0.2, 0.25) is 0 Å². The van der Waals surface area contributed by atoms with Crippen LogP contribution in [0.5, 0.6) is 0 Å². The summed E-state index contributed by atoms with van der Waals surface area (Å²) in [5, 5.41) is 0.592. The molecule has 2 heterocycles. The standard InChI is InChI=1S/C15H25ClN4/c1-5-6-19-7-9-20(10-8-19)15-12(4)13(16)17-14(18-15)11(2)3/h11H,5-10H2,1-4H3. The van der Waals surface area contributed by atoms with Crippen molar-refractivity contribution in [1.82, 2.24) is 14.9 Å². The van der Waals surface area contributed by atoms with Crippen molar-refractivity contribution in [2.24, 2.45) is 0 Å². The highest BCUT2D eigenvalue weighted by Gasteiger charge is 2.21. The molecule has 2 rings (SSSR count). The Hall–Kier alpha value is -0.870. The minimum absolute atomic E-state index is 0.299. The van der Waals surface area contributed by atoms with Gasteiger partial charge in [0.25, 0.3) is 0 Å². The molecule has 0 aliphatic carbocycles. The fourth-order valence-corrected chi connectivity index (χ4v) is 2.73. The number of halogens is 1. The zero-order valence-corrected chi connectivity index (χ0v) is 13.7. The van der Waals surface area contributed by atoms with Crippen LogP contribution in [0.1, 0.15) is 44.5 Å². The molecule has 1 aliphatic rings. The lowest BCUT2D eigenvalue weighted by Crippen LogP contribution is -2.47. The van der Waals surface area contributed by atoms with Crippen LogP contribution in [0.3, 0.4) is 0 Å². The van der Waals surface area contributed by atoms with Crippen molar-refractivity contribution in [3.05, 3.63) is 16.5 Å². The molecule has 4 nitrogen and oxygen atoms in total. The van der Waals surface area contributed by atoms with Crippen LogP contribution in [0, 0.1) is 6.92 Å². The van der Waals surface area contributed by atoms with Crippen LogP contribution < -0.4 is 4.90 Å². The lowest BCUT2D eigenvalue weighted by atomic mass is 10.2. The number of nitrogens with zero attached hydrogens (tertiary/aromatic N) is 4. The Balaban J connectivity index is 2.17. The van der Waals surface area contributed by atoms with E-state index in [-0.39, 0.29) is 0 Å². The molecule has 0 radical (unpaired) electrons. The van der Waals surface area contributed by atoms with E-state index in [9.17, 15) is 0 Å². The molecular formula is C15H25ClN4. The average Bonchev–Trinajstić information content (AvgIpc) is 2.43. The zero-order chi connectivity index (χ0) is 14.7. The average molecular weight is 297 g/mol. The third-order valence-corrected chi connectivity index (χ3v) is 4.17. The maximum atomic E-state index is 6.27. The summed E-state index contributed by atoms with van der Waals surface area (Å²) < 4.78 is 0. The van der Waals surface area contributed by atoms with Gasteiger partial charge in [-0.15, -0.1) is 0 Å². The zero-order valence-electron chi connectivity index (χ0n) is 13.0. The monoisotopic (exact) mass is 296 g/mol. The highest BCUT2D eigenvalue weighted by atomic mass is 35.5. The minimum Gasteiger partial charge on any atom is -0.354 e. The molecule has 0 N–H and O–H groups in total. The molecule has 0 amide bonds. The molecule has 20 heavy (non-hydrogen) atoms. The van der Waals surface area contributed by atoms with E-state index in [1.54, 1.807) is 0 Å². The Morgan fingerprint density at radius 3 is 2.35 bits per heavy atom. The molecule has 5 heteroatoms. The first kappa shape index (κ1) is 15.5. The molecule has 1 aliphatic heterocycles. The Morgan fingerprint density at radius 1 is 1.15 bits per heavy atom. The minimum atomic E-state index is 0.299. The highest BCUT2D eigenvalue weighted by molar-refractivity contribution is 6.30. The van der Waals surface area contributed by atoms with Gasteiger partial charge in [0.1, 0.15) is 16.8 Å². The summed E-state index contributed by atoms with van der Waals surface area (Å²) in [6, 6.07) is 0. The first-order valence-electron chi connectivity index (χ1n) is 7.54. The summed E-state index contributed by atoms with van der Waals surface area (Å²) in [5.74, 6) is 2.16. The van der Waals surface area contributed by atoms with Crippen LogP contribution in [0.25, 0.3) is 0 Å². The summed E-state index contributed by atoms with van der Waals surface area (Å²) in [7, 11) is 0. The van der Waals surface area contributed by atoms with Gasteiger partial charge in [-0.25, -0.2) is 9.97 Å². The summed E-state index contributed by atoms with van der Waals surface area (Å²) in [6.45, 7) is 13.9. The van der Waals surface area contributed by atoms with Crippen molar-refractivity contribution in [2.45, 2.75) is 40.0 Å². The van der Waals surface area contributed by atoms with Gasteiger partial charge in [-0.2, -0.15) is 0 Å². The van der Waals surface area contributed by atoms with Crippen LogP contribution in [-0.4, -0.2) is 47.6 Å². The van der Waals surface area contributed by atoms with Gasteiger partial charge in [0, 0.05) is 37.7 Å². The molecule has 0 atom stereocenters. The normalized spacial score (nSPS) is 17.0. The van der Waals surface area contributed by atoms with Crippen LogP contribution >= 0.6 is 11.6 Å². The molecule has 0 aromatic carbocycles. The van der Waals surface area contributed by atoms with Crippen molar-refractivity contribution in [3.63, 3.8) is 0 Å². The van der Waals surface area contributed by atoms with Gasteiger partial charge < -0.3 is 4.90 Å². The molecule has 0 bridgehead atoms. The number of anilines is 1. The first-order valence-corrected chi connectivity index (χ1v) is 7.92. The molecule has 0 spiro atoms. The van der Waals surface area contributed by atoms with Gasteiger partial charge in [-0.3, -0.25) is 4.90 Å². The van der Waals surface area contributed by atoms with Crippen LogP contribution in [0.2, 0.25) is 5.15 Å². The van der Waals surface area contributed by atoms with Crippen LogP contribution in [0.4, 0.5) is 5.82 Å². The van der Waals surface area contributed by atoms with Gasteiger partial charge in [-0.05, 0) is 19.9 Å². The lowest BCUT2D eigenvalue weighted by molar-refractivity contribution is 0.258. The van der Waals surface area contributed by atoms with Crippen molar-refractivity contribution in [2.75, 3.05) is 37.6 Å². The predicted octanol–water partition coefficient (Wildman–Crippen LogP) is 3.09. The Kier molecular flexibility index (Phi) is 5.22. The smallest absolute Gasteiger partial charge is 0.137 e. The molecule has 0 unspecified atom stereocenters. The molecule has 112 valence electrons. The van der Waals surface area contributed by atoms with E-state index in [0.717, 1.165) is 43.4 Å². The Labute approximate surface area is 127 Å². The van der Waals surface area contributed by atoms with E-state index in [0.29, 0.717) is 11.1 Å². The largest absolute Gasteiger partial charge is 0.354 e. The summed E-state index contributed by atoms with van der Waals surface area (Å²) in [5.41, 5.74) is 1.00. The van der Waals surface area contributed by atoms with Gasteiger partial charge in [0.15, 0.2) is 0 Å². The first-order chi connectivity index (χ1) is 9.52. The fraction of sp³-hybridized carbons (Fsp3) is 0.733. The second kappa shape index (κ2) is 6.72. The number of hydrogen-bond donors (Lipinski definition) is 0. The quantitative estimate of drug-likeness (QED) is 0.799. The highest BCUT2D eigenvalue weighted by Crippen LogP contribution is 2.26. The molecule has 1 aromatic heterocycles. The topological polar surface area (TPSA) is 32.3 Å². The lowest BCUT2D eigenvalue weighted by Gasteiger charge is -2.36. The maximum absolute atomic E-state index is 6.27. The SMILES string of the molecule is CCCN1CCN(c2nc(C(C)C)nc(Cl)c2C)CC1. The molecular weight excluding hydrogens is 272 g/mol. The molecule has 1 saturated heterocycles. The van der Waals surface area contributed by atoms with Crippen molar-refractivity contribution in [1.29, 1.82) is 0 Å². The van der Waals surface area contributed by atoms with E-state index >= 15 is 0 Å². The van der Waals surface area contributed by atoms with E-state index < -0.39 is 0 Å². The van der Waals surface area contributed by atoms with Gasteiger partial charge in [-0.1, -0.05) is 32.4 Å². The molecule has 0 saturated carbocycles.